The standard InChI is InChI=1S/C4H8F3NO/c5-3(6)4(7)8-1-2-9/h3-4,8-9H,1-2H2. The molecule has 2 N–H and O–H groups in total. The van der Waals surface area contributed by atoms with Gasteiger partial charge in [-0.1, -0.05) is 0 Å². The first-order valence-electron chi connectivity index (χ1n) is 2.45. The number of nitrogens with one attached hydrogen (secondary N) is 1. The molecule has 1 atom stereocenters. The van der Waals surface area contributed by atoms with Crippen LogP contribution >= 0.6 is 0 Å². The van der Waals surface area contributed by atoms with Crippen LogP contribution in [0.5, 0.6) is 0 Å². The predicted octanol–water partition coefficient (Wildman–Crippen LogP) is 0.129. The Balaban J connectivity index is 3.16. The second-order valence-electron chi connectivity index (χ2n) is 1.41. The lowest BCUT2D eigenvalue weighted by atomic mass is 10.6. The molecule has 0 aromatic carbocycles. The van der Waals surface area contributed by atoms with Gasteiger partial charge < -0.3 is 5.11 Å². The average molecular weight is 143 g/mol. The van der Waals surface area contributed by atoms with Gasteiger partial charge in [-0.2, -0.15) is 0 Å². The first kappa shape index (κ1) is 8.71. The van der Waals surface area contributed by atoms with Crippen molar-refractivity contribution >= 4 is 0 Å². The fourth-order valence-corrected chi connectivity index (χ4v) is 0.292. The van der Waals surface area contributed by atoms with Gasteiger partial charge in [-0.05, 0) is 0 Å². The minimum absolute atomic E-state index is 0.147. The molecular weight excluding hydrogens is 135 g/mol. The Morgan fingerprint density at radius 3 is 2.22 bits per heavy atom. The van der Waals surface area contributed by atoms with E-state index < -0.39 is 12.7 Å². The van der Waals surface area contributed by atoms with Crippen LogP contribution in [0.15, 0.2) is 0 Å². The lowest BCUT2D eigenvalue weighted by Gasteiger charge is -2.06. The molecule has 0 aliphatic heterocycles. The van der Waals surface area contributed by atoms with Gasteiger partial charge in [0.1, 0.15) is 0 Å². The quantitative estimate of drug-likeness (QED) is 0.548. The van der Waals surface area contributed by atoms with Gasteiger partial charge in [0.05, 0.1) is 6.61 Å². The van der Waals surface area contributed by atoms with E-state index in [-0.39, 0.29) is 13.2 Å². The van der Waals surface area contributed by atoms with Gasteiger partial charge in [-0.15, -0.1) is 0 Å². The molecule has 5 heteroatoms. The third-order valence-corrected chi connectivity index (χ3v) is 0.672. The van der Waals surface area contributed by atoms with Crippen molar-refractivity contribution in [2.45, 2.75) is 12.7 Å². The molecule has 2 nitrogen and oxygen atoms in total. The lowest BCUT2D eigenvalue weighted by Crippen LogP contribution is -2.33. The lowest BCUT2D eigenvalue weighted by molar-refractivity contribution is 0.0286. The molecule has 0 fully saturated rings. The van der Waals surface area contributed by atoms with Crippen LogP contribution < -0.4 is 5.32 Å². The van der Waals surface area contributed by atoms with Gasteiger partial charge in [-0.25, -0.2) is 13.2 Å². The van der Waals surface area contributed by atoms with Crippen molar-refractivity contribution in [3.05, 3.63) is 0 Å². The minimum atomic E-state index is -3.02. The third kappa shape index (κ3) is 4.23. The highest BCUT2D eigenvalue weighted by Crippen LogP contribution is 2.00. The van der Waals surface area contributed by atoms with Gasteiger partial charge in [0, 0.05) is 6.54 Å². The number of hydrogen-bond donors (Lipinski definition) is 2. The Bertz CT molecular complexity index is 70.8. The SMILES string of the molecule is OCCNC(F)C(F)F. The Morgan fingerprint density at radius 1 is 1.33 bits per heavy atom. The Kier molecular flexibility index (Phi) is 4.43. The maximum absolute atomic E-state index is 11.7. The van der Waals surface area contributed by atoms with Crippen LogP contribution in [0, 0.1) is 0 Å². The molecule has 0 aromatic rings. The predicted molar refractivity (Wildman–Crippen MR) is 26.0 cm³/mol. The van der Waals surface area contributed by atoms with E-state index in [1.807, 2.05) is 0 Å². The van der Waals surface area contributed by atoms with Gasteiger partial charge in [-0.3, -0.25) is 5.32 Å². The molecule has 0 saturated heterocycles. The van der Waals surface area contributed by atoms with Crippen LogP contribution in [0.25, 0.3) is 0 Å². The summed E-state index contributed by atoms with van der Waals surface area (Å²) in [7, 11) is 0. The summed E-state index contributed by atoms with van der Waals surface area (Å²) in [6.45, 7) is -0.487. The molecule has 0 spiro atoms. The highest BCUT2D eigenvalue weighted by atomic mass is 19.3. The number of rotatable bonds is 4. The summed E-state index contributed by atoms with van der Waals surface area (Å²) in [4.78, 5) is 0. The second kappa shape index (κ2) is 4.58. The monoisotopic (exact) mass is 143 g/mol. The topological polar surface area (TPSA) is 32.3 Å². The zero-order valence-electron chi connectivity index (χ0n) is 4.65. The summed E-state index contributed by atoms with van der Waals surface area (Å²) in [5.74, 6) is 0. The molecule has 0 aliphatic rings. The number of hydrogen-bond acceptors (Lipinski definition) is 2. The van der Waals surface area contributed by atoms with E-state index in [1.54, 1.807) is 5.32 Å². The number of alkyl halides is 3. The second-order valence-corrected chi connectivity index (χ2v) is 1.41. The van der Waals surface area contributed by atoms with Crippen LogP contribution in [-0.2, 0) is 0 Å². The smallest absolute Gasteiger partial charge is 0.282 e. The molecule has 56 valence electrons. The highest BCUT2D eigenvalue weighted by Gasteiger charge is 2.16. The Labute approximate surface area is 50.7 Å². The first-order chi connectivity index (χ1) is 4.18. The van der Waals surface area contributed by atoms with E-state index in [2.05, 4.69) is 0 Å². The van der Waals surface area contributed by atoms with Crippen LogP contribution in [0.2, 0.25) is 0 Å². The maximum Gasteiger partial charge on any atom is 0.282 e. The highest BCUT2D eigenvalue weighted by molar-refractivity contribution is 4.53. The van der Waals surface area contributed by atoms with Gasteiger partial charge >= 0.3 is 0 Å². The molecule has 1 unspecified atom stereocenters. The molecule has 0 radical (unpaired) electrons. The summed E-state index contributed by atoms with van der Waals surface area (Å²) in [5.41, 5.74) is 0. The van der Waals surface area contributed by atoms with Crippen LogP contribution in [0.4, 0.5) is 13.2 Å². The van der Waals surface area contributed by atoms with Crippen molar-refractivity contribution in [1.82, 2.24) is 5.32 Å². The normalized spacial score (nSPS) is 14.3. The van der Waals surface area contributed by atoms with Crippen molar-refractivity contribution in [2.24, 2.45) is 0 Å². The fourth-order valence-electron chi connectivity index (χ4n) is 0.292. The fraction of sp³-hybridized carbons (Fsp3) is 1.00. The van der Waals surface area contributed by atoms with Gasteiger partial charge in [0.25, 0.3) is 6.43 Å². The van der Waals surface area contributed by atoms with Crippen molar-refractivity contribution < 1.29 is 18.3 Å². The number of aliphatic hydroxyl groups is 1. The summed E-state index contributed by atoms with van der Waals surface area (Å²) >= 11 is 0. The summed E-state index contributed by atoms with van der Waals surface area (Å²) in [6.07, 6.45) is -5.34. The average Bonchev–Trinajstić information content (AvgIpc) is 1.82. The molecule has 9 heavy (non-hydrogen) atoms. The third-order valence-electron chi connectivity index (χ3n) is 0.672. The molecule has 0 amide bonds. The van der Waals surface area contributed by atoms with Crippen LogP contribution in [-0.4, -0.2) is 31.0 Å². The Hall–Kier alpha value is -0.290. The van der Waals surface area contributed by atoms with Crippen molar-refractivity contribution in [1.29, 1.82) is 0 Å². The number of halogens is 3. The molecule has 0 bridgehead atoms. The van der Waals surface area contributed by atoms with E-state index >= 15 is 0 Å². The van der Waals surface area contributed by atoms with E-state index in [4.69, 9.17) is 5.11 Å². The van der Waals surface area contributed by atoms with Gasteiger partial charge in [0.15, 0.2) is 0 Å². The Morgan fingerprint density at radius 2 is 1.89 bits per heavy atom. The van der Waals surface area contributed by atoms with Crippen LogP contribution in [0.3, 0.4) is 0 Å². The zero-order chi connectivity index (χ0) is 7.28. The van der Waals surface area contributed by atoms with Gasteiger partial charge in [0.2, 0.25) is 6.30 Å². The minimum Gasteiger partial charge on any atom is -0.395 e. The van der Waals surface area contributed by atoms with Crippen molar-refractivity contribution in [2.75, 3.05) is 13.2 Å². The molecule has 0 saturated carbocycles. The van der Waals surface area contributed by atoms with Crippen molar-refractivity contribution in [3.8, 4) is 0 Å². The van der Waals surface area contributed by atoms with E-state index in [9.17, 15) is 13.2 Å². The maximum atomic E-state index is 11.7. The molecule has 0 heterocycles. The summed E-state index contributed by atoms with van der Waals surface area (Å²) in [5, 5.41) is 9.79. The van der Waals surface area contributed by atoms with E-state index in [0.29, 0.717) is 0 Å². The number of aliphatic hydroxyl groups excluding tert-OH is 1. The largest absolute Gasteiger partial charge is 0.395 e. The summed E-state index contributed by atoms with van der Waals surface area (Å²) < 4.78 is 34.2. The van der Waals surface area contributed by atoms with Crippen LogP contribution in [0.1, 0.15) is 0 Å². The molecular formula is C4H8F3NO. The molecule has 0 aliphatic carbocycles. The molecule has 0 aromatic heterocycles. The first-order valence-corrected chi connectivity index (χ1v) is 2.45. The molecule has 0 rings (SSSR count). The zero-order valence-corrected chi connectivity index (χ0v) is 4.65. The van der Waals surface area contributed by atoms with E-state index in [0.717, 1.165) is 0 Å². The van der Waals surface area contributed by atoms with E-state index in [1.165, 1.54) is 0 Å². The van der Waals surface area contributed by atoms with Crippen molar-refractivity contribution in [3.63, 3.8) is 0 Å². The summed E-state index contributed by atoms with van der Waals surface area (Å²) in [6, 6.07) is 0.